The lowest BCUT2D eigenvalue weighted by Gasteiger charge is -2.34. The first-order valence-corrected chi connectivity index (χ1v) is 9.32. The molecule has 142 valence electrons. The first-order valence-electron chi connectivity index (χ1n) is 9.32. The van der Waals surface area contributed by atoms with Crippen LogP contribution in [-0.4, -0.2) is 50.1 Å². The Labute approximate surface area is 170 Å². The van der Waals surface area contributed by atoms with Crippen molar-refractivity contribution in [3.05, 3.63) is 35.4 Å². The highest BCUT2D eigenvalue weighted by Crippen LogP contribution is 2.12. The van der Waals surface area contributed by atoms with E-state index in [1.54, 1.807) is 0 Å². The van der Waals surface area contributed by atoms with Crippen LogP contribution in [0.3, 0.4) is 0 Å². The van der Waals surface area contributed by atoms with Gasteiger partial charge in [0.05, 0.1) is 0 Å². The van der Waals surface area contributed by atoms with Gasteiger partial charge in [-0.25, -0.2) is 0 Å². The maximum atomic E-state index is 4.38. The minimum atomic E-state index is 0. The lowest BCUT2D eigenvalue weighted by atomic mass is 10.0. The molecule has 2 N–H and O–H groups in total. The third-order valence-electron chi connectivity index (χ3n) is 4.60. The second kappa shape index (κ2) is 11.7. The zero-order valence-corrected chi connectivity index (χ0v) is 18.5. The number of benzene rings is 1. The standard InChI is InChI=1S/C20H34N4.HI/c1-16(2)15-24-13-10-19(11-14-24)23-20(21-4)22-12-9-18-7-5-17(3)6-8-18;/h5-8,16,19H,9-15H2,1-4H3,(H2,21,22,23);1H. The minimum absolute atomic E-state index is 0. The molecule has 0 spiro atoms. The second-order valence-electron chi connectivity index (χ2n) is 7.35. The van der Waals surface area contributed by atoms with E-state index in [2.05, 4.69) is 65.6 Å². The monoisotopic (exact) mass is 458 g/mol. The molecule has 1 fully saturated rings. The Balaban J connectivity index is 0.00000312. The fourth-order valence-electron chi connectivity index (χ4n) is 3.24. The quantitative estimate of drug-likeness (QED) is 0.390. The number of piperidine rings is 1. The largest absolute Gasteiger partial charge is 0.356 e. The van der Waals surface area contributed by atoms with Gasteiger partial charge in [-0.05, 0) is 37.7 Å². The lowest BCUT2D eigenvalue weighted by Crippen LogP contribution is -2.49. The molecule has 0 saturated carbocycles. The average molecular weight is 458 g/mol. The number of aliphatic imine (C=N–C) groups is 1. The van der Waals surface area contributed by atoms with Crippen LogP contribution in [0.25, 0.3) is 0 Å². The van der Waals surface area contributed by atoms with Gasteiger partial charge >= 0.3 is 0 Å². The third kappa shape index (κ3) is 8.40. The van der Waals surface area contributed by atoms with E-state index >= 15 is 0 Å². The molecule has 0 aliphatic carbocycles. The van der Waals surface area contributed by atoms with Gasteiger partial charge in [0.25, 0.3) is 0 Å². The third-order valence-corrected chi connectivity index (χ3v) is 4.60. The van der Waals surface area contributed by atoms with Gasteiger partial charge in [-0.2, -0.15) is 0 Å². The lowest BCUT2D eigenvalue weighted by molar-refractivity contribution is 0.187. The Morgan fingerprint density at radius 2 is 1.84 bits per heavy atom. The molecule has 1 aliphatic rings. The van der Waals surface area contributed by atoms with Crippen molar-refractivity contribution < 1.29 is 0 Å². The van der Waals surface area contributed by atoms with Crippen LogP contribution in [0.5, 0.6) is 0 Å². The van der Waals surface area contributed by atoms with E-state index in [4.69, 9.17) is 0 Å². The molecule has 1 saturated heterocycles. The van der Waals surface area contributed by atoms with E-state index in [-0.39, 0.29) is 24.0 Å². The summed E-state index contributed by atoms with van der Waals surface area (Å²) in [6.07, 6.45) is 3.42. The minimum Gasteiger partial charge on any atom is -0.356 e. The SMILES string of the molecule is CN=C(NCCc1ccc(C)cc1)NC1CCN(CC(C)C)CC1.I. The summed E-state index contributed by atoms with van der Waals surface area (Å²) in [6, 6.07) is 9.30. The summed E-state index contributed by atoms with van der Waals surface area (Å²) in [5.74, 6) is 1.69. The van der Waals surface area contributed by atoms with Crippen LogP contribution >= 0.6 is 24.0 Å². The van der Waals surface area contributed by atoms with Crippen molar-refractivity contribution in [3.8, 4) is 0 Å². The van der Waals surface area contributed by atoms with Gasteiger partial charge in [0.2, 0.25) is 0 Å². The topological polar surface area (TPSA) is 39.7 Å². The van der Waals surface area contributed by atoms with Gasteiger partial charge in [0, 0.05) is 39.3 Å². The summed E-state index contributed by atoms with van der Waals surface area (Å²) in [6.45, 7) is 11.2. The number of halogens is 1. The fourth-order valence-corrected chi connectivity index (χ4v) is 3.24. The highest BCUT2D eigenvalue weighted by molar-refractivity contribution is 14.0. The molecular formula is C20H35IN4. The second-order valence-corrected chi connectivity index (χ2v) is 7.35. The Hall–Kier alpha value is -0.820. The van der Waals surface area contributed by atoms with E-state index in [1.807, 2.05) is 7.05 Å². The van der Waals surface area contributed by atoms with Crippen molar-refractivity contribution in [3.63, 3.8) is 0 Å². The van der Waals surface area contributed by atoms with Crippen molar-refractivity contribution >= 4 is 29.9 Å². The summed E-state index contributed by atoms with van der Waals surface area (Å²) < 4.78 is 0. The van der Waals surface area contributed by atoms with Crippen LogP contribution in [0.15, 0.2) is 29.3 Å². The maximum Gasteiger partial charge on any atom is 0.191 e. The summed E-state index contributed by atoms with van der Waals surface area (Å²) in [5.41, 5.74) is 2.68. The Morgan fingerprint density at radius 1 is 1.20 bits per heavy atom. The molecule has 1 aliphatic heterocycles. The van der Waals surface area contributed by atoms with Gasteiger partial charge in [-0.1, -0.05) is 43.7 Å². The number of nitrogens with zero attached hydrogens (tertiary/aromatic N) is 2. The van der Waals surface area contributed by atoms with Crippen LogP contribution in [-0.2, 0) is 6.42 Å². The van der Waals surface area contributed by atoms with Crippen molar-refractivity contribution in [2.45, 2.75) is 46.1 Å². The molecular weight excluding hydrogens is 423 g/mol. The van der Waals surface area contributed by atoms with Gasteiger partial charge in [-0.15, -0.1) is 24.0 Å². The molecule has 5 heteroatoms. The van der Waals surface area contributed by atoms with Crippen molar-refractivity contribution in [2.75, 3.05) is 33.2 Å². The smallest absolute Gasteiger partial charge is 0.191 e. The van der Waals surface area contributed by atoms with Crippen molar-refractivity contribution in [1.29, 1.82) is 0 Å². The summed E-state index contributed by atoms with van der Waals surface area (Å²) in [5, 5.41) is 7.04. The summed E-state index contributed by atoms with van der Waals surface area (Å²) in [7, 11) is 1.86. The Kier molecular flexibility index (Phi) is 10.4. The number of aryl methyl sites for hydroxylation is 1. The molecule has 1 aromatic rings. The molecule has 0 radical (unpaired) electrons. The molecule has 0 atom stereocenters. The first-order chi connectivity index (χ1) is 11.6. The molecule has 1 heterocycles. The van der Waals surface area contributed by atoms with Crippen LogP contribution in [0, 0.1) is 12.8 Å². The van der Waals surface area contributed by atoms with Crippen LogP contribution in [0.1, 0.15) is 37.8 Å². The Bertz CT molecular complexity index is 505. The van der Waals surface area contributed by atoms with E-state index in [9.17, 15) is 0 Å². The van der Waals surface area contributed by atoms with E-state index in [0.717, 1.165) is 24.8 Å². The molecule has 0 aromatic heterocycles. The molecule has 0 unspecified atom stereocenters. The van der Waals surface area contributed by atoms with Crippen LogP contribution in [0.4, 0.5) is 0 Å². The first kappa shape index (κ1) is 22.2. The molecule has 0 amide bonds. The molecule has 2 rings (SSSR count). The summed E-state index contributed by atoms with van der Waals surface area (Å²) >= 11 is 0. The predicted octanol–water partition coefficient (Wildman–Crippen LogP) is 3.44. The number of hydrogen-bond donors (Lipinski definition) is 2. The number of rotatable bonds is 6. The fraction of sp³-hybridized carbons (Fsp3) is 0.650. The number of guanidine groups is 1. The van der Waals surface area contributed by atoms with E-state index in [0.29, 0.717) is 6.04 Å². The van der Waals surface area contributed by atoms with Crippen LogP contribution in [0.2, 0.25) is 0 Å². The summed E-state index contributed by atoms with van der Waals surface area (Å²) in [4.78, 5) is 6.96. The average Bonchev–Trinajstić information content (AvgIpc) is 2.57. The molecule has 25 heavy (non-hydrogen) atoms. The van der Waals surface area contributed by atoms with Crippen LogP contribution < -0.4 is 10.6 Å². The van der Waals surface area contributed by atoms with Crippen molar-refractivity contribution in [1.82, 2.24) is 15.5 Å². The highest BCUT2D eigenvalue weighted by Gasteiger charge is 2.20. The van der Waals surface area contributed by atoms with Gasteiger partial charge in [-0.3, -0.25) is 4.99 Å². The number of likely N-dealkylation sites (tertiary alicyclic amines) is 1. The molecule has 4 nitrogen and oxygen atoms in total. The number of hydrogen-bond acceptors (Lipinski definition) is 2. The van der Waals surface area contributed by atoms with Crippen molar-refractivity contribution in [2.24, 2.45) is 10.9 Å². The molecule has 0 bridgehead atoms. The Morgan fingerprint density at radius 3 is 2.40 bits per heavy atom. The zero-order chi connectivity index (χ0) is 17.4. The van der Waals surface area contributed by atoms with Gasteiger partial charge < -0.3 is 15.5 Å². The zero-order valence-electron chi connectivity index (χ0n) is 16.2. The molecule has 1 aromatic carbocycles. The van der Waals surface area contributed by atoms with Gasteiger partial charge in [0.15, 0.2) is 5.96 Å². The van der Waals surface area contributed by atoms with E-state index < -0.39 is 0 Å². The number of nitrogens with one attached hydrogen (secondary N) is 2. The maximum absolute atomic E-state index is 4.38. The van der Waals surface area contributed by atoms with E-state index in [1.165, 1.54) is 43.6 Å². The van der Waals surface area contributed by atoms with Gasteiger partial charge in [0.1, 0.15) is 0 Å². The normalized spacial score (nSPS) is 16.6. The predicted molar refractivity (Wildman–Crippen MR) is 119 cm³/mol. The highest BCUT2D eigenvalue weighted by atomic mass is 127.